The number of sulfone groups is 1. The van der Waals surface area contributed by atoms with Gasteiger partial charge in [-0.05, 0) is 35.4 Å². The highest BCUT2D eigenvalue weighted by Gasteiger charge is 2.27. The van der Waals surface area contributed by atoms with Crippen LogP contribution in [0.1, 0.15) is 17.0 Å². The Labute approximate surface area is 174 Å². The molecule has 30 heavy (non-hydrogen) atoms. The van der Waals surface area contributed by atoms with Gasteiger partial charge >= 0.3 is 0 Å². The van der Waals surface area contributed by atoms with Crippen molar-refractivity contribution in [3.63, 3.8) is 0 Å². The zero-order valence-corrected chi connectivity index (χ0v) is 16.8. The number of pyridine rings is 1. The lowest BCUT2D eigenvalue weighted by molar-refractivity contribution is 0.554. The van der Waals surface area contributed by atoms with Gasteiger partial charge in [0, 0.05) is 25.0 Å². The molecule has 150 valence electrons. The first kappa shape index (κ1) is 19.6. The minimum absolute atomic E-state index is 0.0930. The van der Waals surface area contributed by atoms with E-state index in [0.29, 0.717) is 6.54 Å². The van der Waals surface area contributed by atoms with E-state index in [9.17, 15) is 8.42 Å². The molecule has 2 heterocycles. The summed E-state index contributed by atoms with van der Waals surface area (Å²) in [7, 11) is -3.85. The number of aromatic nitrogens is 2. The van der Waals surface area contributed by atoms with Gasteiger partial charge in [-0.25, -0.2) is 8.42 Å². The minimum Gasteiger partial charge on any atom is -0.420 e. The first-order chi connectivity index (χ1) is 14.6. The third kappa shape index (κ3) is 4.47. The summed E-state index contributed by atoms with van der Waals surface area (Å²) in [6.07, 6.45) is 6.84. The van der Waals surface area contributed by atoms with Crippen molar-refractivity contribution in [2.24, 2.45) is 0 Å². The zero-order valence-electron chi connectivity index (χ0n) is 16.0. The van der Waals surface area contributed by atoms with Gasteiger partial charge in [0.15, 0.2) is 0 Å². The summed E-state index contributed by atoms with van der Waals surface area (Å²) in [5.41, 5.74) is 1.84. The van der Waals surface area contributed by atoms with Crippen LogP contribution in [0.4, 0.5) is 5.88 Å². The topological polar surface area (TPSA) is 85.1 Å². The van der Waals surface area contributed by atoms with E-state index in [0.717, 1.165) is 11.1 Å². The van der Waals surface area contributed by atoms with Crippen molar-refractivity contribution in [3.8, 4) is 0 Å². The lowest BCUT2D eigenvalue weighted by Crippen LogP contribution is -2.07. The molecular formula is C23H19N3O3S. The monoisotopic (exact) mass is 417 g/mol. The SMILES string of the molecule is O=S(=O)(c1ccccc1)c1nc(C=Cc2ccccc2)oc1NCc1cccnc1. The Hall–Kier alpha value is -3.71. The van der Waals surface area contributed by atoms with Crippen molar-refractivity contribution in [1.29, 1.82) is 0 Å². The van der Waals surface area contributed by atoms with Crippen molar-refractivity contribution in [2.75, 3.05) is 5.32 Å². The Bertz CT molecular complexity index is 1240. The van der Waals surface area contributed by atoms with Gasteiger partial charge in [-0.3, -0.25) is 4.98 Å². The first-order valence-electron chi connectivity index (χ1n) is 9.30. The molecule has 2 aromatic heterocycles. The minimum atomic E-state index is -3.85. The Balaban J connectivity index is 1.69. The number of anilines is 1. The van der Waals surface area contributed by atoms with Gasteiger partial charge in [-0.15, -0.1) is 0 Å². The van der Waals surface area contributed by atoms with Gasteiger partial charge in [0.05, 0.1) is 4.90 Å². The van der Waals surface area contributed by atoms with Crippen LogP contribution < -0.4 is 5.32 Å². The van der Waals surface area contributed by atoms with Gasteiger partial charge in [0.2, 0.25) is 26.6 Å². The number of nitrogens with one attached hydrogen (secondary N) is 1. The Morgan fingerprint density at radius 1 is 0.900 bits per heavy atom. The molecule has 4 rings (SSSR count). The van der Waals surface area contributed by atoms with Gasteiger partial charge in [0.1, 0.15) is 0 Å². The van der Waals surface area contributed by atoms with Crippen LogP contribution in [0.2, 0.25) is 0 Å². The predicted octanol–water partition coefficient (Wildman–Crippen LogP) is 4.68. The smallest absolute Gasteiger partial charge is 0.234 e. The lowest BCUT2D eigenvalue weighted by Gasteiger charge is -2.06. The molecule has 0 amide bonds. The molecule has 0 radical (unpaired) electrons. The van der Waals surface area contributed by atoms with E-state index in [1.807, 2.05) is 48.5 Å². The molecule has 0 aliphatic heterocycles. The van der Waals surface area contributed by atoms with Gasteiger partial charge in [-0.1, -0.05) is 54.6 Å². The molecular weight excluding hydrogens is 398 g/mol. The summed E-state index contributed by atoms with van der Waals surface area (Å²) in [6.45, 7) is 0.349. The average molecular weight is 417 g/mol. The van der Waals surface area contributed by atoms with E-state index < -0.39 is 9.84 Å². The second kappa shape index (κ2) is 8.75. The molecule has 0 saturated heterocycles. The van der Waals surface area contributed by atoms with Crippen LogP contribution in [0.3, 0.4) is 0 Å². The highest BCUT2D eigenvalue weighted by Crippen LogP contribution is 2.29. The fourth-order valence-corrected chi connectivity index (χ4v) is 4.12. The van der Waals surface area contributed by atoms with Crippen LogP contribution in [-0.4, -0.2) is 18.4 Å². The zero-order chi connectivity index (χ0) is 20.8. The summed E-state index contributed by atoms with van der Waals surface area (Å²) >= 11 is 0. The molecule has 2 aromatic carbocycles. The van der Waals surface area contributed by atoms with Crippen molar-refractivity contribution in [3.05, 3.63) is 102 Å². The molecule has 0 saturated carbocycles. The van der Waals surface area contributed by atoms with Crippen molar-refractivity contribution in [1.82, 2.24) is 9.97 Å². The Morgan fingerprint density at radius 2 is 1.63 bits per heavy atom. The van der Waals surface area contributed by atoms with E-state index in [-0.39, 0.29) is 21.7 Å². The Kier molecular flexibility index (Phi) is 5.72. The molecule has 0 bridgehead atoms. The fraction of sp³-hybridized carbons (Fsp3) is 0.0435. The molecule has 0 atom stereocenters. The van der Waals surface area contributed by atoms with Crippen LogP contribution in [-0.2, 0) is 16.4 Å². The second-order valence-corrected chi connectivity index (χ2v) is 8.33. The number of hydrogen-bond acceptors (Lipinski definition) is 6. The Morgan fingerprint density at radius 3 is 2.33 bits per heavy atom. The average Bonchev–Trinajstić information content (AvgIpc) is 3.22. The summed E-state index contributed by atoms with van der Waals surface area (Å²) in [5.74, 6) is 0.289. The molecule has 0 aliphatic carbocycles. The number of nitrogens with zero attached hydrogens (tertiary/aromatic N) is 2. The predicted molar refractivity (Wildman–Crippen MR) is 115 cm³/mol. The maximum Gasteiger partial charge on any atom is 0.234 e. The van der Waals surface area contributed by atoms with Crippen molar-refractivity contribution >= 4 is 27.9 Å². The largest absolute Gasteiger partial charge is 0.420 e. The molecule has 0 unspecified atom stereocenters. The van der Waals surface area contributed by atoms with E-state index in [1.54, 1.807) is 36.7 Å². The summed E-state index contributed by atoms with van der Waals surface area (Å²) in [6, 6.07) is 21.5. The first-order valence-corrected chi connectivity index (χ1v) is 10.8. The summed E-state index contributed by atoms with van der Waals surface area (Å²) in [5, 5.41) is 2.89. The highest BCUT2D eigenvalue weighted by atomic mass is 32.2. The van der Waals surface area contributed by atoms with Crippen LogP contribution in [0.25, 0.3) is 12.2 Å². The van der Waals surface area contributed by atoms with Crippen molar-refractivity contribution in [2.45, 2.75) is 16.5 Å². The lowest BCUT2D eigenvalue weighted by atomic mass is 10.2. The van der Waals surface area contributed by atoms with E-state index in [4.69, 9.17) is 4.42 Å². The van der Waals surface area contributed by atoms with Crippen LogP contribution >= 0.6 is 0 Å². The summed E-state index contributed by atoms with van der Waals surface area (Å²) < 4.78 is 32.1. The van der Waals surface area contributed by atoms with E-state index in [1.165, 1.54) is 12.1 Å². The second-order valence-electron chi connectivity index (χ2n) is 6.46. The molecule has 0 aliphatic rings. The molecule has 6 nitrogen and oxygen atoms in total. The molecule has 0 fully saturated rings. The number of oxazole rings is 1. The van der Waals surface area contributed by atoms with E-state index in [2.05, 4.69) is 15.3 Å². The quantitative estimate of drug-likeness (QED) is 0.470. The van der Waals surface area contributed by atoms with Gasteiger partial charge in [-0.2, -0.15) is 4.98 Å². The van der Waals surface area contributed by atoms with Gasteiger partial charge in [0.25, 0.3) is 0 Å². The van der Waals surface area contributed by atoms with Gasteiger partial charge < -0.3 is 9.73 Å². The van der Waals surface area contributed by atoms with Crippen LogP contribution in [0.15, 0.2) is 99.5 Å². The summed E-state index contributed by atoms with van der Waals surface area (Å²) in [4.78, 5) is 8.49. The number of rotatable bonds is 7. The third-order valence-electron chi connectivity index (χ3n) is 4.31. The maximum atomic E-state index is 13.2. The standard InChI is InChI=1S/C23H19N3O3S/c27-30(28,20-11-5-2-6-12-20)23-22(25-17-19-10-7-15-24-16-19)29-21(26-23)14-13-18-8-3-1-4-9-18/h1-16,25H,17H2. The highest BCUT2D eigenvalue weighted by molar-refractivity contribution is 7.91. The van der Waals surface area contributed by atoms with Crippen molar-refractivity contribution < 1.29 is 12.8 Å². The molecule has 1 N–H and O–H groups in total. The van der Waals surface area contributed by atoms with Crippen LogP contribution in [0, 0.1) is 0 Å². The molecule has 0 spiro atoms. The van der Waals surface area contributed by atoms with Crippen LogP contribution in [0.5, 0.6) is 0 Å². The van der Waals surface area contributed by atoms with E-state index >= 15 is 0 Å². The molecule has 4 aromatic rings. The number of benzene rings is 2. The normalized spacial score (nSPS) is 11.6. The maximum absolute atomic E-state index is 13.2. The number of hydrogen-bond donors (Lipinski definition) is 1. The third-order valence-corrected chi connectivity index (χ3v) is 5.99. The fourth-order valence-electron chi connectivity index (χ4n) is 2.81. The molecule has 7 heteroatoms.